The predicted octanol–water partition coefficient (Wildman–Crippen LogP) is 5.02. The number of halogens is 2. The molecule has 0 aliphatic carbocycles. The molecule has 0 bridgehead atoms. The molecule has 0 spiro atoms. The first-order valence-corrected chi connectivity index (χ1v) is 7.63. The van der Waals surface area contributed by atoms with Gasteiger partial charge in [-0.3, -0.25) is 4.79 Å². The maximum absolute atomic E-state index is 12.3. The number of nitrogens with one attached hydrogen (secondary N) is 1. The molecular formula is C17H17Cl2NO2. The smallest absolute Gasteiger partial charge is 0.265 e. The lowest BCUT2D eigenvalue weighted by atomic mass is 10.1. The molecule has 1 amide bonds. The highest BCUT2D eigenvalue weighted by molar-refractivity contribution is 6.39. The maximum atomic E-state index is 12.3. The van der Waals surface area contributed by atoms with Gasteiger partial charge in [-0.25, -0.2) is 0 Å². The minimum atomic E-state index is -0.673. The highest BCUT2D eigenvalue weighted by Gasteiger charge is 2.18. The third-order valence-corrected chi connectivity index (χ3v) is 4.07. The number of amides is 1. The van der Waals surface area contributed by atoms with Crippen LogP contribution in [-0.2, 0) is 4.79 Å². The number of rotatable bonds is 4. The highest BCUT2D eigenvalue weighted by Crippen LogP contribution is 2.30. The summed E-state index contributed by atoms with van der Waals surface area (Å²) in [5.74, 6) is 0.379. The summed E-state index contributed by atoms with van der Waals surface area (Å²) in [5, 5.41) is 3.48. The van der Waals surface area contributed by atoms with Crippen LogP contribution in [0.15, 0.2) is 36.4 Å². The van der Waals surface area contributed by atoms with E-state index in [2.05, 4.69) is 5.32 Å². The Balaban J connectivity index is 2.11. The number of carbonyl (C=O) groups is 1. The first-order chi connectivity index (χ1) is 10.4. The van der Waals surface area contributed by atoms with Crippen molar-refractivity contribution in [1.82, 2.24) is 0 Å². The quantitative estimate of drug-likeness (QED) is 0.850. The highest BCUT2D eigenvalue weighted by atomic mass is 35.5. The van der Waals surface area contributed by atoms with Crippen LogP contribution in [-0.4, -0.2) is 12.0 Å². The molecule has 0 radical (unpaired) electrons. The molecule has 2 aromatic carbocycles. The van der Waals surface area contributed by atoms with Crippen molar-refractivity contribution < 1.29 is 9.53 Å². The zero-order valence-corrected chi connectivity index (χ0v) is 14.1. The number of para-hydroxylation sites is 1. The van der Waals surface area contributed by atoms with Crippen LogP contribution in [0.4, 0.5) is 5.69 Å². The van der Waals surface area contributed by atoms with Crippen molar-refractivity contribution in [3.63, 3.8) is 0 Å². The lowest BCUT2D eigenvalue weighted by Crippen LogP contribution is -2.30. The summed E-state index contributed by atoms with van der Waals surface area (Å²) in [4.78, 5) is 12.3. The Bertz CT molecular complexity index is 681. The Morgan fingerprint density at radius 1 is 1.09 bits per heavy atom. The van der Waals surface area contributed by atoms with Crippen molar-refractivity contribution in [3.05, 3.63) is 57.6 Å². The van der Waals surface area contributed by atoms with Gasteiger partial charge in [-0.15, -0.1) is 0 Å². The average Bonchev–Trinajstić information content (AvgIpc) is 2.47. The van der Waals surface area contributed by atoms with Gasteiger partial charge in [0.25, 0.3) is 5.91 Å². The van der Waals surface area contributed by atoms with Gasteiger partial charge >= 0.3 is 0 Å². The van der Waals surface area contributed by atoms with E-state index in [1.165, 1.54) is 0 Å². The number of carbonyl (C=O) groups excluding carboxylic acids is 1. The van der Waals surface area contributed by atoms with Gasteiger partial charge in [-0.05, 0) is 50.1 Å². The van der Waals surface area contributed by atoms with E-state index in [9.17, 15) is 4.79 Å². The van der Waals surface area contributed by atoms with Crippen molar-refractivity contribution in [3.8, 4) is 5.75 Å². The first kappa shape index (κ1) is 16.7. The largest absolute Gasteiger partial charge is 0.481 e. The van der Waals surface area contributed by atoms with E-state index >= 15 is 0 Å². The van der Waals surface area contributed by atoms with Gasteiger partial charge in [-0.1, -0.05) is 41.4 Å². The standard InChI is InChI=1S/C17H17Cl2NO2/c1-10-6-4-9-15(11(10)2)22-12(3)17(21)20-16-13(18)7-5-8-14(16)19/h4-9,12H,1-3H3,(H,20,21). The molecule has 1 N–H and O–H groups in total. The molecule has 0 aromatic heterocycles. The SMILES string of the molecule is Cc1cccc(OC(C)C(=O)Nc2c(Cl)cccc2Cl)c1C. The molecule has 0 aliphatic heterocycles. The molecule has 0 fully saturated rings. The normalized spacial score (nSPS) is 11.9. The zero-order chi connectivity index (χ0) is 16.3. The van der Waals surface area contributed by atoms with Crippen LogP contribution in [0.3, 0.4) is 0 Å². The molecule has 5 heteroatoms. The van der Waals surface area contributed by atoms with Gasteiger partial charge in [0.1, 0.15) is 5.75 Å². The second-order valence-electron chi connectivity index (χ2n) is 5.04. The molecule has 0 saturated carbocycles. The fourth-order valence-corrected chi connectivity index (χ4v) is 2.43. The van der Waals surface area contributed by atoms with Gasteiger partial charge < -0.3 is 10.1 Å². The average molecular weight is 338 g/mol. The molecule has 0 saturated heterocycles. The van der Waals surface area contributed by atoms with Crippen LogP contribution in [0.1, 0.15) is 18.1 Å². The third kappa shape index (κ3) is 3.73. The molecule has 1 atom stereocenters. The Kier molecular flexibility index (Phi) is 5.33. The number of benzene rings is 2. The number of hydrogen-bond donors (Lipinski definition) is 1. The summed E-state index contributed by atoms with van der Waals surface area (Å²) in [5.41, 5.74) is 2.52. The van der Waals surface area contributed by atoms with Crippen LogP contribution in [0.2, 0.25) is 10.0 Å². The van der Waals surface area contributed by atoms with E-state index in [0.29, 0.717) is 21.5 Å². The summed E-state index contributed by atoms with van der Waals surface area (Å²) < 4.78 is 5.74. The van der Waals surface area contributed by atoms with Crippen LogP contribution in [0.5, 0.6) is 5.75 Å². The zero-order valence-electron chi connectivity index (χ0n) is 12.6. The summed E-state index contributed by atoms with van der Waals surface area (Å²) in [7, 11) is 0. The summed E-state index contributed by atoms with van der Waals surface area (Å²) in [6, 6.07) is 10.8. The fourth-order valence-electron chi connectivity index (χ4n) is 1.94. The Labute approximate surface area is 140 Å². The van der Waals surface area contributed by atoms with E-state index in [1.54, 1.807) is 25.1 Å². The molecule has 2 rings (SSSR count). The predicted molar refractivity (Wildman–Crippen MR) is 91.1 cm³/mol. The van der Waals surface area contributed by atoms with Crippen LogP contribution in [0.25, 0.3) is 0 Å². The van der Waals surface area contributed by atoms with Gasteiger partial charge in [0.05, 0.1) is 15.7 Å². The lowest BCUT2D eigenvalue weighted by Gasteiger charge is -2.18. The van der Waals surface area contributed by atoms with E-state index < -0.39 is 6.10 Å². The number of aryl methyl sites for hydroxylation is 1. The molecule has 2 aromatic rings. The Morgan fingerprint density at radius 3 is 2.32 bits per heavy atom. The maximum Gasteiger partial charge on any atom is 0.265 e. The lowest BCUT2D eigenvalue weighted by molar-refractivity contribution is -0.122. The van der Waals surface area contributed by atoms with Gasteiger partial charge in [-0.2, -0.15) is 0 Å². The van der Waals surface area contributed by atoms with Crippen LogP contribution < -0.4 is 10.1 Å². The molecular weight excluding hydrogens is 321 g/mol. The van der Waals surface area contributed by atoms with E-state index in [0.717, 1.165) is 11.1 Å². The first-order valence-electron chi connectivity index (χ1n) is 6.88. The van der Waals surface area contributed by atoms with Crippen LogP contribution >= 0.6 is 23.2 Å². The molecule has 116 valence electrons. The topological polar surface area (TPSA) is 38.3 Å². The summed E-state index contributed by atoms with van der Waals surface area (Å²) in [6.07, 6.45) is -0.673. The van der Waals surface area contributed by atoms with E-state index in [-0.39, 0.29) is 5.91 Å². The van der Waals surface area contributed by atoms with Crippen molar-refractivity contribution in [2.24, 2.45) is 0 Å². The van der Waals surface area contributed by atoms with E-state index in [4.69, 9.17) is 27.9 Å². The van der Waals surface area contributed by atoms with Gasteiger partial charge in [0.15, 0.2) is 6.10 Å². The van der Waals surface area contributed by atoms with Crippen molar-refractivity contribution in [2.45, 2.75) is 26.9 Å². The molecule has 0 aliphatic rings. The van der Waals surface area contributed by atoms with Gasteiger partial charge in [0.2, 0.25) is 0 Å². The van der Waals surface area contributed by atoms with Crippen molar-refractivity contribution >= 4 is 34.8 Å². The second kappa shape index (κ2) is 7.03. The monoisotopic (exact) mass is 337 g/mol. The van der Waals surface area contributed by atoms with Gasteiger partial charge in [0, 0.05) is 0 Å². The van der Waals surface area contributed by atoms with E-state index in [1.807, 2.05) is 32.0 Å². The number of hydrogen-bond acceptors (Lipinski definition) is 2. The fraction of sp³-hybridized carbons (Fsp3) is 0.235. The minimum Gasteiger partial charge on any atom is -0.481 e. The summed E-state index contributed by atoms with van der Waals surface area (Å²) in [6.45, 7) is 5.64. The minimum absolute atomic E-state index is 0.309. The Morgan fingerprint density at radius 2 is 1.68 bits per heavy atom. The number of anilines is 1. The number of ether oxygens (including phenoxy) is 1. The third-order valence-electron chi connectivity index (χ3n) is 3.44. The summed E-state index contributed by atoms with van der Waals surface area (Å²) >= 11 is 12.1. The second-order valence-corrected chi connectivity index (χ2v) is 5.86. The van der Waals surface area contributed by atoms with Crippen molar-refractivity contribution in [1.29, 1.82) is 0 Å². The molecule has 3 nitrogen and oxygen atoms in total. The van der Waals surface area contributed by atoms with Crippen LogP contribution in [0, 0.1) is 13.8 Å². The molecule has 0 heterocycles. The molecule has 22 heavy (non-hydrogen) atoms. The molecule has 1 unspecified atom stereocenters. The van der Waals surface area contributed by atoms with Crippen molar-refractivity contribution in [2.75, 3.05) is 5.32 Å². The Hall–Kier alpha value is -1.71.